The fourth-order valence-corrected chi connectivity index (χ4v) is 1.18. The van der Waals surface area contributed by atoms with E-state index in [0.29, 0.717) is 10.6 Å². The Morgan fingerprint density at radius 2 is 2.25 bits per heavy atom. The van der Waals surface area contributed by atoms with Gasteiger partial charge in [0.2, 0.25) is 0 Å². The van der Waals surface area contributed by atoms with Gasteiger partial charge >= 0.3 is 0 Å². The number of thiocyanates is 1. The predicted molar refractivity (Wildman–Crippen MR) is 46.7 cm³/mol. The van der Waals surface area contributed by atoms with Crippen LogP contribution in [0.15, 0.2) is 34.3 Å². The molecule has 12 heavy (non-hydrogen) atoms. The van der Waals surface area contributed by atoms with Gasteiger partial charge in [0.1, 0.15) is 5.40 Å². The molecule has 0 saturated carbocycles. The van der Waals surface area contributed by atoms with Gasteiger partial charge in [-0.25, -0.2) is 0 Å². The molecule has 5 heteroatoms. The van der Waals surface area contributed by atoms with Crippen molar-refractivity contribution in [3.8, 4) is 5.40 Å². The van der Waals surface area contributed by atoms with E-state index < -0.39 is 0 Å². The van der Waals surface area contributed by atoms with Crippen LogP contribution in [0.5, 0.6) is 0 Å². The van der Waals surface area contributed by atoms with Crippen molar-refractivity contribution < 1.29 is 0 Å². The van der Waals surface area contributed by atoms with Gasteiger partial charge in [-0.2, -0.15) is 5.26 Å². The van der Waals surface area contributed by atoms with Gasteiger partial charge < -0.3 is 0 Å². The molecule has 0 amide bonds. The summed E-state index contributed by atoms with van der Waals surface area (Å²) >= 11 is 0.983. The van der Waals surface area contributed by atoms with Crippen molar-refractivity contribution in [2.75, 3.05) is 0 Å². The zero-order chi connectivity index (χ0) is 8.81. The zero-order valence-electron chi connectivity index (χ0n) is 6.01. The van der Waals surface area contributed by atoms with E-state index in [9.17, 15) is 0 Å². The first-order valence-corrected chi connectivity index (χ1v) is 3.90. The smallest absolute Gasteiger partial charge is 0.138 e. The molecule has 0 N–H and O–H groups in total. The van der Waals surface area contributed by atoms with E-state index in [1.165, 1.54) is 0 Å². The third-order valence-electron chi connectivity index (χ3n) is 1.17. The highest BCUT2D eigenvalue weighted by Gasteiger charge is 1.97. The average Bonchev–Trinajstić information content (AvgIpc) is 2.09. The van der Waals surface area contributed by atoms with Gasteiger partial charge in [0.05, 0.1) is 5.69 Å². The molecule has 0 saturated heterocycles. The second-order valence-electron chi connectivity index (χ2n) is 1.85. The van der Waals surface area contributed by atoms with Crippen LogP contribution < -0.4 is 0 Å². The second kappa shape index (κ2) is 4.29. The standard InChI is InChI=1S/C7H4N4S/c8-5-12-7-4-2-1-3-6(7)10-11-9/h1-4H. The van der Waals surface area contributed by atoms with E-state index in [1.807, 2.05) is 5.40 Å². The molecule has 0 aliphatic heterocycles. The third kappa shape index (κ3) is 1.92. The molecule has 1 aromatic carbocycles. The van der Waals surface area contributed by atoms with Gasteiger partial charge in [0.25, 0.3) is 0 Å². The first-order valence-electron chi connectivity index (χ1n) is 3.08. The SMILES string of the molecule is N#CSc1ccccc1N=[N+]=[N-]. The molecule has 0 unspecified atom stereocenters. The molecule has 4 nitrogen and oxygen atoms in total. The summed E-state index contributed by atoms with van der Waals surface area (Å²) in [6.45, 7) is 0. The van der Waals surface area contributed by atoms with Gasteiger partial charge in [0.15, 0.2) is 0 Å². The van der Waals surface area contributed by atoms with Crippen molar-refractivity contribution in [1.29, 1.82) is 5.26 Å². The average molecular weight is 176 g/mol. The summed E-state index contributed by atoms with van der Waals surface area (Å²) in [5.74, 6) is 0. The lowest BCUT2D eigenvalue weighted by Gasteiger charge is -1.96. The van der Waals surface area contributed by atoms with Gasteiger partial charge in [-0.3, -0.25) is 0 Å². The lowest BCUT2D eigenvalue weighted by atomic mass is 10.3. The van der Waals surface area contributed by atoms with Crippen molar-refractivity contribution in [2.24, 2.45) is 5.11 Å². The highest BCUT2D eigenvalue weighted by atomic mass is 32.2. The van der Waals surface area contributed by atoms with Crippen LogP contribution in [0.4, 0.5) is 5.69 Å². The number of benzene rings is 1. The summed E-state index contributed by atoms with van der Waals surface area (Å²) < 4.78 is 0. The Morgan fingerprint density at radius 3 is 2.92 bits per heavy atom. The van der Waals surface area contributed by atoms with Gasteiger partial charge in [0, 0.05) is 9.81 Å². The maximum atomic E-state index is 8.39. The highest BCUT2D eigenvalue weighted by Crippen LogP contribution is 2.28. The van der Waals surface area contributed by atoms with Crippen molar-refractivity contribution in [2.45, 2.75) is 4.90 Å². The summed E-state index contributed by atoms with van der Waals surface area (Å²) in [5.41, 5.74) is 8.67. The zero-order valence-corrected chi connectivity index (χ0v) is 6.82. The van der Waals surface area contributed by atoms with Crippen LogP contribution in [0.3, 0.4) is 0 Å². The van der Waals surface area contributed by atoms with E-state index in [4.69, 9.17) is 10.8 Å². The summed E-state index contributed by atoms with van der Waals surface area (Å²) in [5, 5.41) is 13.7. The summed E-state index contributed by atoms with van der Waals surface area (Å²) in [6.07, 6.45) is 0. The van der Waals surface area contributed by atoms with Crippen molar-refractivity contribution in [3.05, 3.63) is 34.7 Å². The predicted octanol–water partition coefficient (Wildman–Crippen LogP) is 3.20. The maximum absolute atomic E-state index is 8.39. The van der Waals surface area contributed by atoms with Crippen molar-refractivity contribution in [3.63, 3.8) is 0 Å². The van der Waals surface area contributed by atoms with Crippen LogP contribution in [-0.4, -0.2) is 0 Å². The quantitative estimate of drug-likeness (QED) is 0.228. The normalized spacial score (nSPS) is 8.25. The maximum Gasteiger partial charge on any atom is 0.138 e. The lowest BCUT2D eigenvalue weighted by molar-refractivity contribution is 1.35. The molecular formula is C7H4N4S. The Balaban J connectivity index is 3.09. The number of azide groups is 1. The minimum atomic E-state index is 0.492. The fourth-order valence-electron chi connectivity index (χ4n) is 0.723. The first kappa shape index (κ1) is 8.47. The highest BCUT2D eigenvalue weighted by molar-refractivity contribution is 8.03. The van der Waals surface area contributed by atoms with Crippen LogP contribution in [0.2, 0.25) is 0 Å². The number of hydrogen-bond acceptors (Lipinski definition) is 3. The number of nitrogens with zero attached hydrogens (tertiary/aromatic N) is 4. The Labute approximate surface area is 73.4 Å². The molecule has 0 bridgehead atoms. The van der Waals surface area contributed by atoms with E-state index in [0.717, 1.165) is 11.8 Å². The monoisotopic (exact) mass is 176 g/mol. The van der Waals surface area contributed by atoms with Crippen LogP contribution in [0, 0.1) is 10.7 Å². The molecule has 0 aromatic heterocycles. The van der Waals surface area contributed by atoms with E-state index >= 15 is 0 Å². The minimum Gasteiger partial charge on any atom is -0.185 e. The molecular weight excluding hydrogens is 172 g/mol. The van der Waals surface area contributed by atoms with Crippen LogP contribution in [-0.2, 0) is 0 Å². The topological polar surface area (TPSA) is 72.5 Å². The molecule has 0 aliphatic rings. The number of rotatable bonds is 2. The van der Waals surface area contributed by atoms with Crippen LogP contribution in [0.1, 0.15) is 0 Å². The molecule has 1 rings (SSSR count). The van der Waals surface area contributed by atoms with E-state index in [-0.39, 0.29) is 0 Å². The largest absolute Gasteiger partial charge is 0.185 e. The van der Waals surface area contributed by atoms with Crippen molar-refractivity contribution in [1.82, 2.24) is 0 Å². The first-order chi connectivity index (χ1) is 5.88. The molecule has 0 radical (unpaired) electrons. The van der Waals surface area contributed by atoms with Gasteiger partial charge in [-0.05, 0) is 23.4 Å². The molecule has 0 atom stereocenters. The Kier molecular flexibility index (Phi) is 3.03. The number of nitriles is 1. The van der Waals surface area contributed by atoms with Gasteiger partial charge in [-0.15, -0.1) is 0 Å². The summed E-state index contributed by atoms with van der Waals surface area (Å²) in [6, 6.07) is 6.94. The third-order valence-corrected chi connectivity index (χ3v) is 1.83. The molecule has 0 aliphatic carbocycles. The Morgan fingerprint density at radius 1 is 1.50 bits per heavy atom. The Bertz CT molecular complexity index is 362. The minimum absolute atomic E-state index is 0.492. The number of hydrogen-bond donors (Lipinski definition) is 0. The van der Waals surface area contributed by atoms with E-state index in [1.54, 1.807) is 24.3 Å². The lowest BCUT2D eigenvalue weighted by Crippen LogP contribution is -1.68. The second-order valence-corrected chi connectivity index (χ2v) is 2.68. The summed E-state index contributed by atoms with van der Waals surface area (Å²) in [7, 11) is 0. The fraction of sp³-hybridized carbons (Fsp3) is 0. The molecule has 0 spiro atoms. The molecule has 1 aromatic rings. The molecule has 0 heterocycles. The Hall–Kier alpha value is -1.63. The van der Waals surface area contributed by atoms with Crippen LogP contribution >= 0.6 is 11.8 Å². The van der Waals surface area contributed by atoms with Crippen molar-refractivity contribution >= 4 is 17.4 Å². The van der Waals surface area contributed by atoms with Crippen LogP contribution in [0.25, 0.3) is 10.4 Å². The van der Waals surface area contributed by atoms with E-state index in [2.05, 4.69) is 10.0 Å². The molecule has 58 valence electrons. The number of thioether (sulfide) groups is 1. The summed E-state index contributed by atoms with van der Waals surface area (Å²) in [4.78, 5) is 3.33. The van der Waals surface area contributed by atoms with Gasteiger partial charge in [-0.1, -0.05) is 23.3 Å². The molecule has 0 fully saturated rings.